The Balaban J connectivity index is 1.06. The van der Waals surface area contributed by atoms with Crippen LogP contribution in [0.4, 0.5) is 0 Å². The number of carbonyl (C=O) groups excluding carboxylic acids is 1. The lowest BCUT2D eigenvalue weighted by atomic mass is 9.32. The Kier molecular flexibility index (Phi) is 8.68. The van der Waals surface area contributed by atoms with E-state index in [1.54, 1.807) is 12.1 Å². The molecule has 8 rings (SSSR count). The smallest absolute Gasteiger partial charge is 0.335 e. The van der Waals surface area contributed by atoms with Crippen LogP contribution in [0.25, 0.3) is 5.57 Å². The van der Waals surface area contributed by atoms with Gasteiger partial charge in [-0.05, 0) is 157 Å². The van der Waals surface area contributed by atoms with Crippen LogP contribution >= 0.6 is 0 Å². The summed E-state index contributed by atoms with van der Waals surface area (Å²) in [4.78, 5) is 27.3. The van der Waals surface area contributed by atoms with E-state index in [2.05, 4.69) is 59.5 Å². The lowest BCUT2D eigenvalue weighted by molar-refractivity contribution is -0.225. The number of hydrogen-bond acceptors (Lipinski definition) is 5. The molecule has 8 heteroatoms. The highest BCUT2D eigenvalue weighted by Gasteiger charge is 2.70. The van der Waals surface area contributed by atoms with E-state index in [4.69, 9.17) is 0 Å². The number of carboxylic acid groups (broad SMARTS) is 1. The number of carboxylic acids is 1. The Hall–Kier alpha value is -2.45. The average molecular weight is 745 g/mol. The number of allylic oxidation sites excluding steroid dienone is 3. The summed E-state index contributed by atoms with van der Waals surface area (Å²) in [5, 5.41) is 13.4. The highest BCUT2D eigenvalue weighted by atomic mass is 32.2. The first-order chi connectivity index (χ1) is 24.8. The van der Waals surface area contributed by atoms with Crippen LogP contribution in [0, 0.1) is 56.7 Å². The van der Waals surface area contributed by atoms with E-state index in [1.807, 2.05) is 17.0 Å². The zero-order valence-electron chi connectivity index (χ0n) is 33.2. The third kappa shape index (κ3) is 5.51. The molecular weight excluding hydrogens is 681 g/mol. The summed E-state index contributed by atoms with van der Waals surface area (Å²) in [5.41, 5.74) is 4.49. The third-order valence-corrected chi connectivity index (χ3v) is 19.4. The van der Waals surface area contributed by atoms with E-state index >= 15 is 0 Å². The van der Waals surface area contributed by atoms with Gasteiger partial charge in [0.05, 0.1) is 22.6 Å². The molecular formula is C45H64N2O5S. The van der Waals surface area contributed by atoms with Crippen molar-refractivity contribution in [3.05, 3.63) is 53.6 Å². The van der Waals surface area contributed by atoms with Crippen molar-refractivity contribution in [2.24, 2.45) is 56.7 Å². The first-order valence-corrected chi connectivity index (χ1v) is 22.6. The van der Waals surface area contributed by atoms with E-state index in [0.29, 0.717) is 48.2 Å². The standard InChI is InChI=1S/C45H64N2O5S/c1-29(2)32-14-19-44(28-46-45(22-23-45)39(50)47-24-26-53(51,52)27-25-47)21-20-42(6)34(37(32)44)12-13-36-41(5)17-15-33(30-8-10-31(11-9-30)38(48)49)40(3,4)35(41)16-18-43(36,42)7/h8-11,15,32,34-37,46H,1,12-14,16-28H2,2-7H3,(H,48,49). The van der Waals surface area contributed by atoms with Gasteiger partial charge in [0, 0.05) is 19.6 Å². The SMILES string of the molecule is C=C(C)C1CCC2(CNC3(C(=O)N4CCS(=O)(=O)CC4)CC3)CCC3(C)C(CCC4C5(C)CC=C(c6ccc(C(=O)O)cc6)C(C)(C)C5CCC43C)C12. The second kappa shape index (κ2) is 12.3. The van der Waals surface area contributed by atoms with Crippen LogP contribution in [-0.2, 0) is 14.6 Å². The molecule has 0 radical (unpaired) electrons. The number of amides is 1. The van der Waals surface area contributed by atoms with Crippen molar-refractivity contribution in [2.45, 2.75) is 118 Å². The fourth-order valence-corrected chi connectivity index (χ4v) is 15.8. The molecule has 5 saturated carbocycles. The van der Waals surface area contributed by atoms with Gasteiger partial charge < -0.3 is 15.3 Å². The maximum atomic E-state index is 13.9. The number of benzene rings is 1. The van der Waals surface area contributed by atoms with Gasteiger partial charge >= 0.3 is 5.97 Å². The number of carbonyl (C=O) groups is 2. The summed E-state index contributed by atoms with van der Waals surface area (Å²) < 4.78 is 24.2. The first-order valence-electron chi connectivity index (χ1n) is 20.8. The average Bonchev–Trinajstić information content (AvgIpc) is 3.79. The zero-order valence-corrected chi connectivity index (χ0v) is 34.0. The molecule has 0 spiro atoms. The molecule has 0 aromatic heterocycles. The third-order valence-electron chi connectivity index (χ3n) is 17.8. The molecule has 0 bridgehead atoms. The van der Waals surface area contributed by atoms with Crippen LogP contribution in [-0.4, -0.2) is 67.0 Å². The molecule has 53 heavy (non-hydrogen) atoms. The monoisotopic (exact) mass is 744 g/mol. The van der Waals surface area contributed by atoms with E-state index < -0.39 is 21.3 Å². The Bertz CT molecular complexity index is 1830. The molecule has 6 fully saturated rings. The fraction of sp³-hybridized carbons (Fsp3) is 0.733. The van der Waals surface area contributed by atoms with Gasteiger partial charge in [0.2, 0.25) is 5.91 Å². The van der Waals surface area contributed by atoms with Crippen LogP contribution in [0.15, 0.2) is 42.5 Å². The molecule has 290 valence electrons. The van der Waals surface area contributed by atoms with Gasteiger partial charge in [-0.25, -0.2) is 13.2 Å². The summed E-state index contributed by atoms with van der Waals surface area (Å²) in [6.45, 7) is 21.3. The zero-order chi connectivity index (χ0) is 38.0. The summed E-state index contributed by atoms with van der Waals surface area (Å²) in [5.74, 6) is 2.29. The van der Waals surface area contributed by atoms with Crippen LogP contribution in [0.1, 0.15) is 128 Å². The first kappa shape index (κ1) is 37.5. The van der Waals surface area contributed by atoms with E-state index in [0.717, 1.165) is 31.4 Å². The molecule has 9 unspecified atom stereocenters. The maximum Gasteiger partial charge on any atom is 0.335 e. The van der Waals surface area contributed by atoms with Crippen molar-refractivity contribution in [1.29, 1.82) is 0 Å². The van der Waals surface area contributed by atoms with E-state index in [-0.39, 0.29) is 44.5 Å². The van der Waals surface area contributed by atoms with Crippen molar-refractivity contribution in [2.75, 3.05) is 31.1 Å². The topological polar surface area (TPSA) is 104 Å². The molecule has 1 saturated heterocycles. The molecule has 7 aliphatic rings. The summed E-state index contributed by atoms with van der Waals surface area (Å²) in [6, 6.07) is 7.55. The van der Waals surface area contributed by atoms with E-state index in [9.17, 15) is 23.1 Å². The molecule has 9 atom stereocenters. The van der Waals surface area contributed by atoms with Gasteiger partial charge in [-0.3, -0.25) is 4.79 Å². The van der Waals surface area contributed by atoms with Crippen molar-refractivity contribution in [1.82, 2.24) is 10.2 Å². The molecule has 7 nitrogen and oxygen atoms in total. The minimum atomic E-state index is -3.04. The molecule has 2 N–H and O–H groups in total. The second-order valence-electron chi connectivity index (χ2n) is 20.4. The molecule has 1 aromatic carbocycles. The Morgan fingerprint density at radius 3 is 2.17 bits per heavy atom. The van der Waals surface area contributed by atoms with Gasteiger partial charge in [-0.1, -0.05) is 65.0 Å². The predicted molar refractivity (Wildman–Crippen MR) is 211 cm³/mol. The second-order valence-corrected chi connectivity index (χ2v) is 22.7. The van der Waals surface area contributed by atoms with Gasteiger partial charge in [0.1, 0.15) is 0 Å². The van der Waals surface area contributed by atoms with Crippen molar-refractivity contribution in [3.8, 4) is 0 Å². The molecule has 1 heterocycles. The number of nitrogens with zero attached hydrogens (tertiary/aromatic N) is 1. The largest absolute Gasteiger partial charge is 0.478 e. The number of fused-ring (bicyclic) bond motifs is 7. The number of nitrogens with one attached hydrogen (secondary N) is 1. The molecule has 1 aromatic rings. The van der Waals surface area contributed by atoms with Crippen molar-refractivity contribution < 1.29 is 23.1 Å². The quantitative estimate of drug-likeness (QED) is 0.272. The van der Waals surface area contributed by atoms with Gasteiger partial charge in [-0.2, -0.15) is 0 Å². The highest BCUT2D eigenvalue weighted by Crippen LogP contribution is 2.77. The molecule has 1 aliphatic heterocycles. The van der Waals surface area contributed by atoms with E-state index in [1.165, 1.54) is 62.5 Å². The summed E-state index contributed by atoms with van der Waals surface area (Å²) in [6.07, 6.45) is 15.1. The van der Waals surface area contributed by atoms with Crippen LogP contribution in [0.3, 0.4) is 0 Å². The van der Waals surface area contributed by atoms with Crippen molar-refractivity contribution >= 4 is 27.3 Å². The van der Waals surface area contributed by atoms with Crippen LogP contribution in [0.5, 0.6) is 0 Å². The Labute approximate surface area is 318 Å². The van der Waals surface area contributed by atoms with Gasteiger partial charge in [0.25, 0.3) is 0 Å². The van der Waals surface area contributed by atoms with Gasteiger partial charge in [-0.15, -0.1) is 0 Å². The minimum Gasteiger partial charge on any atom is -0.478 e. The maximum absolute atomic E-state index is 13.9. The van der Waals surface area contributed by atoms with Gasteiger partial charge in [0.15, 0.2) is 9.84 Å². The fourth-order valence-electron chi connectivity index (χ4n) is 14.6. The lowest BCUT2D eigenvalue weighted by Gasteiger charge is -2.72. The predicted octanol–water partition coefficient (Wildman–Crippen LogP) is 8.41. The van der Waals surface area contributed by atoms with Crippen LogP contribution in [0.2, 0.25) is 0 Å². The summed E-state index contributed by atoms with van der Waals surface area (Å²) >= 11 is 0. The normalized spacial score (nSPS) is 41.9. The highest BCUT2D eigenvalue weighted by molar-refractivity contribution is 7.91. The Morgan fingerprint density at radius 2 is 1.55 bits per heavy atom. The molecule has 1 amide bonds. The summed E-state index contributed by atoms with van der Waals surface area (Å²) in [7, 11) is -3.04. The number of rotatable bonds is 7. The minimum absolute atomic E-state index is 0.0145. The van der Waals surface area contributed by atoms with Crippen molar-refractivity contribution in [3.63, 3.8) is 0 Å². The number of aromatic carboxylic acids is 1. The van der Waals surface area contributed by atoms with Crippen LogP contribution < -0.4 is 5.32 Å². The number of sulfone groups is 1. The molecule has 6 aliphatic carbocycles. The Morgan fingerprint density at radius 1 is 0.868 bits per heavy atom. The number of hydrogen-bond donors (Lipinski definition) is 2. The lowest BCUT2D eigenvalue weighted by Crippen LogP contribution is -2.66.